The number of ether oxygens (including phenoxy) is 1. The maximum Gasteiger partial charge on any atom is 0.338 e. The summed E-state index contributed by atoms with van der Waals surface area (Å²) in [7, 11) is -4.14. The van der Waals surface area contributed by atoms with Crippen LogP contribution in [0.15, 0.2) is 33.7 Å². The Balaban J connectivity index is 2.81. The van der Waals surface area contributed by atoms with Gasteiger partial charge in [-0.3, -0.25) is 0 Å². The van der Waals surface area contributed by atoms with E-state index < -0.39 is 16.0 Å². The van der Waals surface area contributed by atoms with Crippen molar-refractivity contribution in [3.63, 3.8) is 0 Å². The van der Waals surface area contributed by atoms with Crippen LogP contribution >= 0.6 is 0 Å². The van der Waals surface area contributed by atoms with Crippen molar-refractivity contribution in [2.75, 3.05) is 6.61 Å². The van der Waals surface area contributed by atoms with Crippen molar-refractivity contribution in [3.05, 3.63) is 40.3 Å². The highest BCUT2D eigenvalue weighted by atomic mass is 32.2. The Morgan fingerprint density at radius 3 is 2.61 bits per heavy atom. The first-order valence-electron chi connectivity index (χ1n) is 7.15. The Kier molecular flexibility index (Phi) is 6.56. The van der Waals surface area contributed by atoms with Gasteiger partial charge in [0.05, 0.1) is 17.1 Å². The standard InChI is InChI=1S/C14H20N4O4S/c1-3-14(15,4-2)8-9-22-13(19)11-6-5-7-12(10-11)23(20,21)18-17-16/h5-7,10H,3-4,8-9,15H2,1-2H3. The van der Waals surface area contributed by atoms with Gasteiger partial charge >= 0.3 is 5.97 Å². The number of rotatable bonds is 8. The van der Waals surface area contributed by atoms with Crippen LogP contribution in [0, 0.1) is 0 Å². The minimum Gasteiger partial charge on any atom is -0.462 e. The van der Waals surface area contributed by atoms with Crippen LogP contribution in [-0.4, -0.2) is 26.5 Å². The van der Waals surface area contributed by atoms with E-state index in [4.69, 9.17) is 16.0 Å². The molecule has 8 nitrogen and oxygen atoms in total. The zero-order valence-electron chi connectivity index (χ0n) is 13.1. The predicted molar refractivity (Wildman–Crippen MR) is 85.2 cm³/mol. The monoisotopic (exact) mass is 340 g/mol. The van der Waals surface area contributed by atoms with Crippen molar-refractivity contribution < 1.29 is 17.9 Å². The molecule has 0 aliphatic heterocycles. The van der Waals surface area contributed by atoms with E-state index in [-0.39, 0.29) is 22.6 Å². The highest BCUT2D eigenvalue weighted by Crippen LogP contribution is 2.18. The summed E-state index contributed by atoms with van der Waals surface area (Å²) < 4.78 is 31.1. The Morgan fingerprint density at radius 2 is 2.04 bits per heavy atom. The van der Waals surface area contributed by atoms with Crippen LogP contribution < -0.4 is 5.73 Å². The van der Waals surface area contributed by atoms with Crippen molar-refractivity contribution in [2.45, 2.75) is 43.5 Å². The number of carbonyl (C=O) groups is 1. The van der Waals surface area contributed by atoms with Gasteiger partial charge in [0.2, 0.25) is 0 Å². The third kappa shape index (κ3) is 5.24. The lowest BCUT2D eigenvalue weighted by molar-refractivity contribution is 0.0472. The first kappa shape index (κ1) is 19.0. The Hall–Kier alpha value is -2.09. The molecule has 1 aromatic rings. The fourth-order valence-corrected chi connectivity index (χ4v) is 2.63. The summed E-state index contributed by atoms with van der Waals surface area (Å²) >= 11 is 0. The molecular formula is C14H20N4O4S. The number of nitrogens with zero attached hydrogens (tertiary/aromatic N) is 3. The van der Waals surface area contributed by atoms with Gasteiger partial charge in [-0.25, -0.2) is 13.2 Å². The van der Waals surface area contributed by atoms with Crippen LogP contribution in [0.4, 0.5) is 0 Å². The van der Waals surface area contributed by atoms with E-state index in [1.165, 1.54) is 18.2 Å². The van der Waals surface area contributed by atoms with Crippen molar-refractivity contribution in [2.24, 2.45) is 10.3 Å². The topological polar surface area (TPSA) is 135 Å². The largest absolute Gasteiger partial charge is 0.462 e. The molecule has 126 valence electrons. The maximum atomic E-state index is 12.0. The molecule has 9 heteroatoms. The third-order valence-corrected chi connectivity index (χ3v) is 4.89. The molecule has 0 aromatic heterocycles. The second-order valence-electron chi connectivity index (χ2n) is 5.13. The molecule has 0 bridgehead atoms. The molecule has 0 spiro atoms. The lowest BCUT2D eigenvalue weighted by atomic mass is 9.91. The molecule has 0 aliphatic rings. The number of esters is 1. The molecule has 0 amide bonds. The Labute approximate surface area is 135 Å². The first-order valence-corrected chi connectivity index (χ1v) is 8.59. The number of carbonyl (C=O) groups excluding carboxylic acids is 1. The van der Waals surface area contributed by atoms with Gasteiger partial charge in [0.25, 0.3) is 10.0 Å². The van der Waals surface area contributed by atoms with Crippen LogP contribution in [0.2, 0.25) is 0 Å². The van der Waals surface area contributed by atoms with Crippen LogP contribution in [-0.2, 0) is 14.8 Å². The molecule has 2 N–H and O–H groups in total. The Bertz CT molecular complexity index is 707. The number of hydrogen-bond acceptors (Lipinski definition) is 5. The first-order chi connectivity index (χ1) is 10.8. The second kappa shape index (κ2) is 7.96. The van der Waals surface area contributed by atoms with Gasteiger partial charge in [-0.1, -0.05) is 19.9 Å². The smallest absolute Gasteiger partial charge is 0.338 e. The van der Waals surface area contributed by atoms with Crippen molar-refractivity contribution in [1.82, 2.24) is 0 Å². The molecule has 23 heavy (non-hydrogen) atoms. The highest BCUT2D eigenvalue weighted by molar-refractivity contribution is 7.90. The van der Waals surface area contributed by atoms with Crippen molar-refractivity contribution in [1.29, 1.82) is 0 Å². The second-order valence-corrected chi connectivity index (χ2v) is 6.71. The van der Waals surface area contributed by atoms with E-state index in [1.807, 2.05) is 13.8 Å². The minimum atomic E-state index is -4.14. The highest BCUT2D eigenvalue weighted by Gasteiger charge is 2.21. The zero-order chi connectivity index (χ0) is 17.5. The summed E-state index contributed by atoms with van der Waals surface area (Å²) in [5.74, 6) is -0.655. The molecule has 0 radical (unpaired) electrons. The fraction of sp³-hybridized carbons (Fsp3) is 0.500. The lowest BCUT2D eigenvalue weighted by Crippen LogP contribution is -2.39. The van der Waals surface area contributed by atoms with E-state index in [9.17, 15) is 13.2 Å². The van der Waals surface area contributed by atoms with Crippen molar-refractivity contribution in [3.8, 4) is 0 Å². The quantitative estimate of drug-likeness (QED) is 0.336. The van der Waals surface area contributed by atoms with Gasteiger partial charge < -0.3 is 10.5 Å². The summed E-state index contributed by atoms with van der Waals surface area (Å²) in [6, 6.07) is 5.15. The molecule has 0 heterocycles. The number of azide groups is 1. The number of hydrogen-bond donors (Lipinski definition) is 1. The summed E-state index contributed by atoms with van der Waals surface area (Å²) in [5.41, 5.74) is 14.1. The van der Waals surface area contributed by atoms with Crippen LogP contribution in [0.25, 0.3) is 10.4 Å². The van der Waals surface area contributed by atoms with Crippen LogP contribution in [0.3, 0.4) is 0 Å². The van der Waals surface area contributed by atoms with Gasteiger partial charge in [0, 0.05) is 15.0 Å². The molecule has 0 fully saturated rings. The zero-order valence-corrected chi connectivity index (χ0v) is 13.9. The van der Waals surface area contributed by atoms with Crippen LogP contribution in [0.1, 0.15) is 43.5 Å². The number of sulfonamides is 1. The van der Waals surface area contributed by atoms with Gasteiger partial charge in [-0.2, -0.15) is 0 Å². The van der Waals surface area contributed by atoms with E-state index in [0.717, 1.165) is 18.9 Å². The molecule has 0 saturated heterocycles. The van der Waals surface area contributed by atoms with Gasteiger partial charge in [-0.15, -0.1) is 0 Å². The average molecular weight is 340 g/mol. The summed E-state index contributed by atoms with van der Waals surface area (Å²) in [4.78, 5) is 14.0. The lowest BCUT2D eigenvalue weighted by Gasteiger charge is -2.26. The van der Waals surface area contributed by atoms with E-state index in [0.29, 0.717) is 6.42 Å². The van der Waals surface area contributed by atoms with Crippen molar-refractivity contribution >= 4 is 16.0 Å². The molecular weight excluding hydrogens is 320 g/mol. The summed E-state index contributed by atoms with van der Waals surface area (Å²) in [5, 5.41) is 0. The van der Waals surface area contributed by atoms with Gasteiger partial charge in [0.15, 0.2) is 0 Å². The Morgan fingerprint density at radius 1 is 1.39 bits per heavy atom. The van der Waals surface area contributed by atoms with Gasteiger partial charge in [0.1, 0.15) is 0 Å². The molecule has 0 aliphatic carbocycles. The van der Waals surface area contributed by atoms with Crippen LogP contribution in [0.5, 0.6) is 0 Å². The molecule has 1 aromatic carbocycles. The normalized spacial score (nSPS) is 11.6. The summed E-state index contributed by atoms with van der Waals surface area (Å²) in [6.45, 7) is 4.08. The van der Waals surface area contributed by atoms with E-state index >= 15 is 0 Å². The third-order valence-electron chi connectivity index (χ3n) is 3.75. The molecule has 0 saturated carbocycles. The fourth-order valence-electron chi connectivity index (χ4n) is 1.91. The van der Waals surface area contributed by atoms with E-state index in [2.05, 4.69) is 9.43 Å². The SMILES string of the molecule is CCC(N)(CC)CCOC(=O)c1cccc(S(=O)(=O)N=[N+]=[N-])c1. The van der Waals surface area contributed by atoms with E-state index in [1.54, 1.807) is 0 Å². The van der Waals surface area contributed by atoms with Gasteiger partial charge in [-0.05, 0) is 43.0 Å². The molecule has 1 rings (SSSR count). The molecule has 0 atom stereocenters. The summed E-state index contributed by atoms with van der Waals surface area (Å²) in [6.07, 6.45) is 2.05. The maximum absolute atomic E-state index is 12.0. The number of nitrogens with two attached hydrogens (primary N) is 1. The number of benzene rings is 1. The molecule has 0 unspecified atom stereocenters. The minimum absolute atomic E-state index is 0.0647. The predicted octanol–water partition coefficient (Wildman–Crippen LogP) is 2.75. The average Bonchev–Trinajstić information content (AvgIpc) is 2.54.